The van der Waals surface area contributed by atoms with Gasteiger partial charge in [-0.15, -0.1) is 0 Å². The zero-order chi connectivity index (χ0) is 13.2. The molecule has 2 heterocycles. The zero-order valence-corrected chi connectivity index (χ0v) is 10.3. The summed E-state index contributed by atoms with van der Waals surface area (Å²) < 4.78 is 5.24. The SMILES string of the molecule is Nc1ncc2cccc(C(=O)NC3CCOC3)c2n1. The average Bonchev–Trinajstić information content (AvgIpc) is 2.90. The first kappa shape index (κ1) is 11.9. The van der Waals surface area contributed by atoms with E-state index < -0.39 is 0 Å². The lowest BCUT2D eigenvalue weighted by Crippen LogP contribution is -2.35. The van der Waals surface area contributed by atoms with E-state index in [0.29, 0.717) is 24.3 Å². The number of hydrogen-bond donors (Lipinski definition) is 2. The topological polar surface area (TPSA) is 90.1 Å². The fourth-order valence-corrected chi connectivity index (χ4v) is 2.16. The molecule has 0 bridgehead atoms. The van der Waals surface area contributed by atoms with Gasteiger partial charge in [0, 0.05) is 18.2 Å². The van der Waals surface area contributed by atoms with E-state index in [4.69, 9.17) is 10.5 Å². The van der Waals surface area contributed by atoms with E-state index in [2.05, 4.69) is 15.3 Å². The molecule has 1 aromatic heterocycles. The number of fused-ring (bicyclic) bond motifs is 1. The van der Waals surface area contributed by atoms with E-state index in [9.17, 15) is 4.79 Å². The third kappa shape index (κ3) is 2.34. The number of hydrogen-bond acceptors (Lipinski definition) is 5. The number of nitrogens with two attached hydrogens (primary N) is 1. The molecular weight excluding hydrogens is 244 g/mol. The van der Waals surface area contributed by atoms with Crippen molar-refractivity contribution in [3.8, 4) is 0 Å². The maximum absolute atomic E-state index is 12.3. The third-order valence-corrected chi connectivity index (χ3v) is 3.14. The molecule has 1 unspecified atom stereocenters. The van der Waals surface area contributed by atoms with Crippen LogP contribution in [0.1, 0.15) is 16.8 Å². The number of anilines is 1. The summed E-state index contributed by atoms with van der Waals surface area (Å²) in [7, 11) is 0. The van der Waals surface area contributed by atoms with Crippen LogP contribution in [-0.2, 0) is 4.74 Å². The van der Waals surface area contributed by atoms with E-state index in [1.165, 1.54) is 0 Å². The number of aromatic nitrogens is 2. The molecule has 0 spiro atoms. The molecule has 19 heavy (non-hydrogen) atoms. The van der Waals surface area contributed by atoms with E-state index in [0.717, 1.165) is 11.8 Å². The molecule has 3 rings (SSSR count). The lowest BCUT2D eigenvalue weighted by Gasteiger charge is -2.11. The molecule has 1 saturated heterocycles. The minimum Gasteiger partial charge on any atom is -0.379 e. The largest absolute Gasteiger partial charge is 0.379 e. The Bertz CT molecular complexity index is 623. The van der Waals surface area contributed by atoms with Gasteiger partial charge in [0.25, 0.3) is 5.91 Å². The van der Waals surface area contributed by atoms with Gasteiger partial charge < -0.3 is 15.8 Å². The number of benzene rings is 1. The van der Waals surface area contributed by atoms with E-state index in [1.807, 2.05) is 12.1 Å². The van der Waals surface area contributed by atoms with Crippen molar-refractivity contribution in [2.24, 2.45) is 0 Å². The number of carbonyl (C=O) groups is 1. The van der Waals surface area contributed by atoms with Crippen molar-refractivity contribution in [1.82, 2.24) is 15.3 Å². The first-order valence-electron chi connectivity index (χ1n) is 6.14. The first-order valence-corrected chi connectivity index (χ1v) is 6.14. The van der Waals surface area contributed by atoms with Crippen molar-refractivity contribution < 1.29 is 9.53 Å². The number of ether oxygens (including phenoxy) is 1. The Morgan fingerprint density at radius 1 is 1.47 bits per heavy atom. The van der Waals surface area contributed by atoms with E-state index >= 15 is 0 Å². The molecule has 0 radical (unpaired) electrons. The maximum Gasteiger partial charge on any atom is 0.253 e. The van der Waals surface area contributed by atoms with Crippen LogP contribution in [-0.4, -0.2) is 35.1 Å². The Hall–Kier alpha value is -2.21. The Balaban J connectivity index is 1.94. The normalized spacial score (nSPS) is 18.6. The Kier molecular flexibility index (Phi) is 3.00. The van der Waals surface area contributed by atoms with Gasteiger partial charge in [0.05, 0.1) is 23.7 Å². The van der Waals surface area contributed by atoms with Gasteiger partial charge in [-0.25, -0.2) is 9.97 Å². The predicted octanol–water partition coefficient (Wildman–Crippen LogP) is 0.731. The number of amides is 1. The lowest BCUT2D eigenvalue weighted by molar-refractivity contribution is 0.0931. The van der Waals surface area contributed by atoms with Gasteiger partial charge >= 0.3 is 0 Å². The standard InChI is InChI=1S/C13H14N4O2/c14-13-15-6-8-2-1-3-10(11(8)17-13)12(18)16-9-4-5-19-7-9/h1-3,6,9H,4-5,7H2,(H,16,18)(H2,14,15,17). The average molecular weight is 258 g/mol. The van der Waals surface area contributed by atoms with Crippen LogP contribution >= 0.6 is 0 Å². The van der Waals surface area contributed by atoms with E-state index in [1.54, 1.807) is 12.3 Å². The number of para-hydroxylation sites is 1. The third-order valence-electron chi connectivity index (χ3n) is 3.14. The van der Waals surface area contributed by atoms with Crippen LogP contribution in [0.15, 0.2) is 24.4 Å². The molecule has 6 heteroatoms. The van der Waals surface area contributed by atoms with Crippen molar-refractivity contribution in [2.75, 3.05) is 18.9 Å². The minimum atomic E-state index is -0.154. The Morgan fingerprint density at radius 3 is 3.16 bits per heavy atom. The van der Waals surface area contributed by atoms with Crippen molar-refractivity contribution in [1.29, 1.82) is 0 Å². The quantitative estimate of drug-likeness (QED) is 0.828. The van der Waals surface area contributed by atoms with Gasteiger partial charge in [0.1, 0.15) is 0 Å². The molecule has 3 N–H and O–H groups in total. The highest BCUT2D eigenvalue weighted by Crippen LogP contribution is 2.17. The van der Waals surface area contributed by atoms with Crippen LogP contribution in [0.3, 0.4) is 0 Å². The summed E-state index contributed by atoms with van der Waals surface area (Å²) in [6, 6.07) is 5.47. The second-order valence-corrected chi connectivity index (χ2v) is 4.51. The number of carbonyl (C=O) groups excluding carboxylic acids is 1. The highest BCUT2D eigenvalue weighted by atomic mass is 16.5. The minimum absolute atomic E-state index is 0.0712. The predicted molar refractivity (Wildman–Crippen MR) is 70.6 cm³/mol. The molecule has 1 aliphatic rings. The fourth-order valence-electron chi connectivity index (χ4n) is 2.16. The highest BCUT2D eigenvalue weighted by molar-refractivity contribution is 6.05. The maximum atomic E-state index is 12.3. The molecule has 0 aliphatic carbocycles. The number of nitrogen functional groups attached to an aromatic ring is 1. The number of nitrogens with one attached hydrogen (secondary N) is 1. The van der Waals surface area contributed by atoms with Crippen molar-refractivity contribution >= 4 is 22.8 Å². The zero-order valence-electron chi connectivity index (χ0n) is 10.3. The van der Waals surface area contributed by atoms with Crippen LogP contribution in [0.5, 0.6) is 0 Å². The van der Waals surface area contributed by atoms with Gasteiger partial charge in [0.2, 0.25) is 5.95 Å². The monoisotopic (exact) mass is 258 g/mol. The van der Waals surface area contributed by atoms with Crippen molar-refractivity contribution in [3.05, 3.63) is 30.0 Å². The van der Waals surface area contributed by atoms with Crippen molar-refractivity contribution in [3.63, 3.8) is 0 Å². The van der Waals surface area contributed by atoms with Crippen molar-refractivity contribution in [2.45, 2.75) is 12.5 Å². The first-order chi connectivity index (χ1) is 9.24. The summed E-state index contributed by atoms with van der Waals surface area (Å²) in [6.45, 7) is 1.25. The summed E-state index contributed by atoms with van der Waals surface area (Å²) in [5, 5.41) is 3.74. The summed E-state index contributed by atoms with van der Waals surface area (Å²) >= 11 is 0. The number of rotatable bonds is 2. The van der Waals surface area contributed by atoms with Crippen LogP contribution in [0.25, 0.3) is 10.9 Å². The molecule has 2 aromatic rings. The summed E-state index contributed by atoms with van der Waals surface area (Å²) in [4.78, 5) is 20.3. The molecule has 1 fully saturated rings. The molecule has 6 nitrogen and oxygen atoms in total. The van der Waals surface area contributed by atoms with Crippen LogP contribution in [0, 0.1) is 0 Å². The fraction of sp³-hybridized carbons (Fsp3) is 0.308. The summed E-state index contributed by atoms with van der Waals surface area (Å²) in [5.74, 6) is 0.0103. The molecular formula is C13H14N4O2. The molecule has 1 aromatic carbocycles. The van der Waals surface area contributed by atoms with E-state index in [-0.39, 0.29) is 17.9 Å². The Morgan fingerprint density at radius 2 is 2.37 bits per heavy atom. The van der Waals surface area contributed by atoms with Gasteiger partial charge in [-0.05, 0) is 12.5 Å². The number of nitrogens with zero attached hydrogens (tertiary/aromatic N) is 2. The van der Waals surface area contributed by atoms with Gasteiger partial charge in [-0.3, -0.25) is 4.79 Å². The van der Waals surface area contributed by atoms with Crippen LogP contribution in [0.4, 0.5) is 5.95 Å². The molecule has 0 saturated carbocycles. The van der Waals surface area contributed by atoms with Gasteiger partial charge in [0.15, 0.2) is 0 Å². The Labute approximate surface area is 110 Å². The molecule has 1 atom stereocenters. The summed E-state index contributed by atoms with van der Waals surface area (Å²) in [6.07, 6.45) is 2.46. The van der Waals surface area contributed by atoms with Crippen LogP contribution in [0.2, 0.25) is 0 Å². The molecule has 1 aliphatic heterocycles. The van der Waals surface area contributed by atoms with Crippen LogP contribution < -0.4 is 11.1 Å². The lowest BCUT2D eigenvalue weighted by atomic mass is 10.1. The second kappa shape index (κ2) is 4.81. The highest BCUT2D eigenvalue weighted by Gasteiger charge is 2.20. The smallest absolute Gasteiger partial charge is 0.253 e. The second-order valence-electron chi connectivity index (χ2n) is 4.51. The van der Waals surface area contributed by atoms with Gasteiger partial charge in [-0.1, -0.05) is 12.1 Å². The summed E-state index contributed by atoms with van der Waals surface area (Å²) in [5.41, 5.74) is 6.67. The van der Waals surface area contributed by atoms with Gasteiger partial charge in [-0.2, -0.15) is 0 Å². The molecule has 98 valence electrons. The molecule has 1 amide bonds.